The van der Waals surface area contributed by atoms with Crippen molar-refractivity contribution < 1.29 is 14.4 Å². The SMILES string of the molecule is O=C(CN1C(=O)C(=Cc2cccs2)SC1=S)NNC(=O)c1ccc(Cl)cc1. The van der Waals surface area contributed by atoms with Crippen LogP contribution >= 0.6 is 46.9 Å². The van der Waals surface area contributed by atoms with E-state index < -0.39 is 11.8 Å². The number of carbonyl (C=O) groups is 3. The molecule has 0 atom stereocenters. The molecule has 1 aromatic heterocycles. The molecular weight excluding hydrogens is 426 g/mol. The van der Waals surface area contributed by atoms with E-state index >= 15 is 0 Å². The number of nitrogens with zero attached hydrogens (tertiary/aromatic N) is 1. The van der Waals surface area contributed by atoms with Crippen LogP contribution in [0.4, 0.5) is 0 Å². The lowest BCUT2D eigenvalue weighted by molar-refractivity contribution is -0.129. The average molecular weight is 438 g/mol. The topological polar surface area (TPSA) is 78.5 Å². The van der Waals surface area contributed by atoms with E-state index in [1.165, 1.54) is 28.4 Å². The molecule has 2 aromatic rings. The molecule has 1 aliphatic rings. The number of halogens is 1. The van der Waals surface area contributed by atoms with E-state index in [2.05, 4.69) is 10.9 Å². The zero-order valence-electron chi connectivity index (χ0n) is 13.6. The van der Waals surface area contributed by atoms with Crippen molar-refractivity contribution in [2.75, 3.05) is 6.54 Å². The predicted octanol–water partition coefficient (Wildman–Crippen LogP) is 3.06. The van der Waals surface area contributed by atoms with E-state index in [0.29, 0.717) is 19.8 Å². The highest BCUT2D eigenvalue weighted by molar-refractivity contribution is 8.26. The monoisotopic (exact) mass is 437 g/mol. The van der Waals surface area contributed by atoms with E-state index in [1.807, 2.05) is 17.5 Å². The summed E-state index contributed by atoms with van der Waals surface area (Å²) >= 11 is 13.6. The zero-order valence-corrected chi connectivity index (χ0v) is 16.8. The molecule has 1 saturated heterocycles. The molecule has 138 valence electrons. The van der Waals surface area contributed by atoms with Crippen molar-refractivity contribution >= 4 is 75.0 Å². The molecule has 6 nitrogen and oxygen atoms in total. The summed E-state index contributed by atoms with van der Waals surface area (Å²) in [5, 5.41) is 2.41. The van der Waals surface area contributed by atoms with Crippen molar-refractivity contribution in [3.05, 3.63) is 62.1 Å². The second-order valence-corrected chi connectivity index (χ2v) is 8.38. The quantitative estimate of drug-likeness (QED) is 0.436. The van der Waals surface area contributed by atoms with Gasteiger partial charge in [0.1, 0.15) is 10.9 Å². The number of amides is 3. The molecule has 2 heterocycles. The molecule has 3 rings (SSSR count). The highest BCUT2D eigenvalue weighted by atomic mass is 35.5. The van der Waals surface area contributed by atoms with Gasteiger partial charge in [0.25, 0.3) is 17.7 Å². The molecular formula is C17H12ClN3O3S3. The first-order valence-corrected chi connectivity index (χ1v) is 10.1. The number of benzene rings is 1. The minimum Gasteiger partial charge on any atom is -0.283 e. The first-order chi connectivity index (χ1) is 12.9. The van der Waals surface area contributed by atoms with Crippen LogP contribution in [0.15, 0.2) is 46.7 Å². The van der Waals surface area contributed by atoms with E-state index in [0.717, 1.165) is 16.6 Å². The third-order valence-electron chi connectivity index (χ3n) is 3.41. The van der Waals surface area contributed by atoms with Gasteiger partial charge in [0.05, 0.1) is 4.91 Å². The molecule has 0 radical (unpaired) electrons. The third-order valence-corrected chi connectivity index (χ3v) is 5.86. The number of rotatable bonds is 4. The number of carbonyl (C=O) groups excluding carboxylic acids is 3. The summed E-state index contributed by atoms with van der Waals surface area (Å²) in [5.74, 6) is -1.40. The van der Waals surface area contributed by atoms with Gasteiger partial charge in [-0.15, -0.1) is 11.3 Å². The van der Waals surface area contributed by atoms with Crippen molar-refractivity contribution in [2.45, 2.75) is 0 Å². The van der Waals surface area contributed by atoms with Gasteiger partial charge in [-0.25, -0.2) is 0 Å². The number of thiocarbonyl (C=S) groups is 1. The lowest BCUT2D eigenvalue weighted by Gasteiger charge is -2.14. The second-order valence-electron chi connectivity index (χ2n) is 5.29. The molecule has 0 unspecified atom stereocenters. The van der Waals surface area contributed by atoms with Crippen molar-refractivity contribution in [3.63, 3.8) is 0 Å². The van der Waals surface area contributed by atoms with Crippen LogP contribution in [0.5, 0.6) is 0 Å². The summed E-state index contributed by atoms with van der Waals surface area (Å²) in [4.78, 5) is 39.1. The van der Waals surface area contributed by atoms with Crippen molar-refractivity contribution in [3.8, 4) is 0 Å². The van der Waals surface area contributed by atoms with Crippen LogP contribution in [0.25, 0.3) is 6.08 Å². The Labute approximate surface area is 173 Å². The highest BCUT2D eigenvalue weighted by Crippen LogP contribution is 2.32. The number of hydrazine groups is 1. The molecule has 0 aliphatic carbocycles. The van der Waals surface area contributed by atoms with Crippen LogP contribution in [0.2, 0.25) is 5.02 Å². The molecule has 3 amide bonds. The molecule has 0 spiro atoms. The first kappa shape index (κ1) is 19.6. The van der Waals surface area contributed by atoms with Gasteiger partial charge < -0.3 is 0 Å². The maximum absolute atomic E-state index is 12.4. The molecule has 1 fully saturated rings. The largest absolute Gasteiger partial charge is 0.283 e. The van der Waals surface area contributed by atoms with Gasteiger partial charge in [0, 0.05) is 15.5 Å². The fourth-order valence-corrected chi connectivity index (χ4v) is 4.23. The fourth-order valence-electron chi connectivity index (χ4n) is 2.12. The normalized spacial score (nSPS) is 15.3. The number of nitrogens with one attached hydrogen (secondary N) is 2. The minimum atomic E-state index is -0.564. The maximum atomic E-state index is 12.4. The van der Waals surface area contributed by atoms with Gasteiger partial charge in [0.2, 0.25) is 0 Å². The van der Waals surface area contributed by atoms with Gasteiger partial charge in [-0.1, -0.05) is 41.6 Å². The third kappa shape index (κ3) is 4.95. The van der Waals surface area contributed by atoms with Gasteiger partial charge in [0.15, 0.2) is 0 Å². The summed E-state index contributed by atoms with van der Waals surface area (Å²) in [6, 6.07) is 9.96. The van der Waals surface area contributed by atoms with Gasteiger partial charge in [-0.05, 0) is 41.8 Å². The molecule has 2 N–H and O–H groups in total. The zero-order chi connectivity index (χ0) is 19.4. The number of hydrogen-bond acceptors (Lipinski definition) is 6. The molecule has 0 saturated carbocycles. The van der Waals surface area contributed by atoms with Crippen LogP contribution in [0.1, 0.15) is 15.2 Å². The Kier molecular flexibility index (Phi) is 6.27. The number of thiophene rings is 1. The van der Waals surface area contributed by atoms with Crippen LogP contribution in [-0.4, -0.2) is 33.5 Å². The van der Waals surface area contributed by atoms with Crippen LogP contribution in [-0.2, 0) is 9.59 Å². The number of thioether (sulfide) groups is 1. The van der Waals surface area contributed by atoms with Crippen molar-refractivity contribution in [2.24, 2.45) is 0 Å². The second kappa shape index (κ2) is 8.66. The lowest BCUT2D eigenvalue weighted by atomic mass is 10.2. The molecule has 1 aliphatic heterocycles. The molecule has 10 heteroatoms. The average Bonchev–Trinajstić information content (AvgIpc) is 3.24. The Bertz CT molecular complexity index is 927. The summed E-state index contributed by atoms with van der Waals surface area (Å²) in [6.07, 6.45) is 1.74. The van der Waals surface area contributed by atoms with Gasteiger partial charge in [-0.3, -0.25) is 30.1 Å². The molecule has 0 bridgehead atoms. The summed E-state index contributed by atoms with van der Waals surface area (Å²) in [5.41, 5.74) is 4.90. The van der Waals surface area contributed by atoms with Gasteiger partial charge >= 0.3 is 0 Å². The van der Waals surface area contributed by atoms with Gasteiger partial charge in [-0.2, -0.15) is 0 Å². The first-order valence-electron chi connectivity index (χ1n) is 7.57. The smallest absolute Gasteiger partial charge is 0.269 e. The van der Waals surface area contributed by atoms with E-state index in [-0.39, 0.29) is 12.5 Å². The lowest BCUT2D eigenvalue weighted by Crippen LogP contribution is -2.47. The summed E-state index contributed by atoms with van der Waals surface area (Å²) in [6.45, 7) is -0.284. The highest BCUT2D eigenvalue weighted by Gasteiger charge is 2.33. The standard InChI is InChI=1S/C17H12ClN3O3S3/c18-11-5-3-10(4-6-11)15(23)20-19-14(22)9-21-16(24)13(27-17(21)25)8-12-2-1-7-26-12/h1-8H,9H2,(H,19,22)(H,20,23). The molecule has 27 heavy (non-hydrogen) atoms. The van der Waals surface area contributed by atoms with Crippen LogP contribution in [0.3, 0.4) is 0 Å². The Hall–Kier alpha value is -2.20. The van der Waals surface area contributed by atoms with Crippen molar-refractivity contribution in [1.29, 1.82) is 0 Å². The Morgan fingerprint density at radius 1 is 1.19 bits per heavy atom. The Morgan fingerprint density at radius 2 is 1.93 bits per heavy atom. The van der Waals surface area contributed by atoms with E-state index in [1.54, 1.807) is 18.2 Å². The van der Waals surface area contributed by atoms with E-state index in [9.17, 15) is 14.4 Å². The molecule has 1 aromatic carbocycles. The van der Waals surface area contributed by atoms with Crippen LogP contribution < -0.4 is 10.9 Å². The fraction of sp³-hybridized carbons (Fsp3) is 0.0588. The Balaban J connectivity index is 1.56. The summed E-state index contributed by atoms with van der Waals surface area (Å²) in [7, 11) is 0. The predicted molar refractivity (Wildman–Crippen MR) is 111 cm³/mol. The van der Waals surface area contributed by atoms with Crippen molar-refractivity contribution in [1.82, 2.24) is 15.8 Å². The Morgan fingerprint density at radius 3 is 2.59 bits per heavy atom. The van der Waals surface area contributed by atoms with E-state index in [4.69, 9.17) is 23.8 Å². The minimum absolute atomic E-state index is 0.284. The number of hydrogen-bond donors (Lipinski definition) is 2. The van der Waals surface area contributed by atoms with Crippen LogP contribution in [0, 0.1) is 0 Å². The maximum Gasteiger partial charge on any atom is 0.269 e. The summed E-state index contributed by atoms with van der Waals surface area (Å²) < 4.78 is 0.294.